The SMILES string of the molecule is O=C(Cc1ccc(C(F)(F)F)cc1O)Nc1oc(-c2ccc(S)cc2)nc1-c1ccccc1. The van der Waals surface area contributed by atoms with Crippen LogP contribution in [-0.2, 0) is 17.4 Å². The van der Waals surface area contributed by atoms with E-state index in [0.29, 0.717) is 22.9 Å². The van der Waals surface area contributed by atoms with Crippen LogP contribution in [0.2, 0.25) is 0 Å². The maximum absolute atomic E-state index is 12.8. The minimum absolute atomic E-state index is 0.0471. The zero-order chi connectivity index (χ0) is 23.6. The maximum atomic E-state index is 12.8. The first-order valence-corrected chi connectivity index (χ1v) is 10.2. The number of anilines is 1. The summed E-state index contributed by atoms with van der Waals surface area (Å²) in [6.45, 7) is 0. The summed E-state index contributed by atoms with van der Waals surface area (Å²) < 4.78 is 44.2. The zero-order valence-corrected chi connectivity index (χ0v) is 17.8. The molecule has 0 saturated heterocycles. The molecule has 0 spiro atoms. The van der Waals surface area contributed by atoms with Crippen molar-refractivity contribution in [3.05, 3.63) is 83.9 Å². The Morgan fingerprint density at radius 1 is 1.00 bits per heavy atom. The number of carbonyl (C=O) groups excluding carboxylic acids is 1. The van der Waals surface area contributed by atoms with Gasteiger partial charge >= 0.3 is 6.18 Å². The topological polar surface area (TPSA) is 75.4 Å². The Hall–Kier alpha value is -3.72. The van der Waals surface area contributed by atoms with Crippen molar-refractivity contribution >= 4 is 24.4 Å². The molecule has 0 aliphatic heterocycles. The van der Waals surface area contributed by atoms with E-state index in [-0.39, 0.29) is 23.8 Å². The first-order valence-electron chi connectivity index (χ1n) is 9.75. The number of thiol groups is 1. The minimum atomic E-state index is -4.59. The maximum Gasteiger partial charge on any atom is 0.416 e. The molecule has 1 heterocycles. The molecular formula is C24H17F3N2O3S. The molecule has 4 aromatic rings. The summed E-state index contributed by atoms with van der Waals surface area (Å²) >= 11 is 4.26. The molecule has 9 heteroatoms. The second-order valence-corrected chi connectivity index (χ2v) is 7.69. The number of hydrogen-bond donors (Lipinski definition) is 3. The summed E-state index contributed by atoms with van der Waals surface area (Å²) in [4.78, 5) is 17.9. The molecule has 0 fully saturated rings. The van der Waals surface area contributed by atoms with Crippen LogP contribution in [-0.4, -0.2) is 16.0 Å². The molecule has 0 aliphatic rings. The highest BCUT2D eigenvalue weighted by molar-refractivity contribution is 7.80. The third kappa shape index (κ3) is 5.20. The first-order chi connectivity index (χ1) is 15.7. The number of aromatic nitrogens is 1. The van der Waals surface area contributed by atoms with Crippen molar-refractivity contribution in [1.82, 2.24) is 4.98 Å². The van der Waals surface area contributed by atoms with Gasteiger partial charge in [-0.3, -0.25) is 10.1 Å². The van der Waals surface area contributed by atoms with Gasteiger partial charge in [0, 0.05) is 21.6 Å². The van der Waals surface area contributed by atoms with Crippen molar-refractivity contribution in [2.45, 2.75) is 17.5 Å². The van der Waals surface area contributed by atoms with Crippen LogP contribution < -0.4 is 5.32 Å². The van der Waals surface area contributed by atoms with Crippen molar-refractivity contribution in [2.24, 2.45) is 0 Å². The van der Waals surface area contributed by atoms with Crippen molar-refractivity contribution < 1.29 is 27.5 Å². The van der Waals surface area contributed by atoms with Gasteiger partial charge in [0.2, 0.25) is 17.7 Å². The molecule has 0 radical (unpaired) electrons. The van der Waals surface area contributed by atoms with Crippen molar-refractivity contribution in [3.63, 3.8) is 0 Å². The Labute approximate surface area is 192 Å². The van der Waals surface area contributed by atoms with E-state index in [1.54, 1.807) is 36.4 Å². The first kappa shape index (κ1) is 22.5. The van der Waals surface area contributed by atoms with Crippen LogP contribution in [0.5, 0.6) is 5.75 Å². The van der Waals surface area contributed by atoms with Crippen LogP contribution in [0, 0.1) is 0 Å². The van der Waals surface area contributed by atoms with E-state index in [9.17, 15) is 23.1 Å². The van der Waals surface area contributed by atoms with E-state index in [4.69, 9.17) is 4.42 Å². The average Bonchev–Trinajstić information content (AvgIpc) is 3.19. The molecule has 1 amide bonds. The van der Waals surface area contributed by atoms with E-state index in [2.05, 4.69) is 22.9 Å². The Bertz CT molecular complexity index is 1290. The third-order valence-corrected chi connectivity index (χ3v) is 5.10. The molecule has 33 heavy (non-hydrogen) atoms. The highest BCUT2D eigenvalue weighted by atomic mass is 32.1. The molecule has 0 aliphatic carbocycles. The highest BCUT2D eigenvalue weighted by Crippen LogP contribution is 2.35. The number of amides is 1. The number of rotatable bonds is 5. The monoisotopic (exact) mass is 470 g/mol. The molecule has 5 nitrogen and oxygen atoms in total. The molecule has 0 bridgehead atoms. The summed E-state index contributed by atoms with van der Waals surface area (Å²) in [7, 11) is 0. The Balaban J connectivity index is 1.61. The number of nitrogens with zero attached hydrogens (tertiary/aromatic N) is 1. The summed E-state index contributed by atoms with van der Waals surface area (Å²) in [5, 5.41) is 12.6. The fourth-order valence-electron chi connectivity index (χ4n) is 3.16. The second-order valence-electron chi connectivity index (χ2n) is 7.18. The van der Waals surface area contributed by atoms with Crippen LogP contribution >= 0.6 is 12.6 Å². The van der Waals surface area contributed by atoms with Gasteiger partial charge in [0.15, 0.2) is 0 Å². The Morgan fingerprint density at radius 2 is 1.70 bits per heavy atom. The second kappa shape index (κ2) is 9.03. The lowest BCUT2D eigenvalue weighted by molar-refractivity contribution is -0.137. The number of nitrogens with one attached hydrogen (secondary N) is 1. The van der Waals surface area contributed by atoms with Gasteiger partial charge in [-0.25, -0.2) is 4.98 Å². The van der Waals surface area contributed by atoms with Gasteiger partial charge in [-0.1, -0.05) is 36.4 Å². The fourth-order valence-corrected chi connectivity index (χ4v) is 3.31. The predicted octanol–water partition coefficient (Wildman–Crippen LogP) is 6.20. The highest BCUT2D eigenvalue weighted by Gasteiger charge is 2.31. The largest absolute Gasteiger partial charge is 0.508 e. The van der Waals surface area contributed by atoms with Crippen molar-refractivity contribution in [1.29, 1.82) is 0 Å². The number of alkyl halides is 3. The molecule has 4 rings (SSSR count). The molecule has 0 saturated carbocycles. The fraction of sp³-hybridized carbons (Fsp3) is 0.0833. The van der Waals surface area contributed by atoms with Gasteiger partial charge in [-0.15, -0.1) is 12.6 Å². The summed E-state index contributed by atoms with van der Waals surface area (Å²) in [6.07, 6.45) is -4.95. The smallest absolute Gasteiger partial charge is 0.416 e. The normalized spacial score (nSPS) is 11.4. The molecule has 3 aromatic carbocycles. The van der Waals surface area contributed by atoms with Crippen molar-refractivity contribution in [3.8, 4) is 28.5 Å². The number of carbonyl (C=O) groups is 1. The van der Waals surface area contributed by atoms with Gasteiger partial charge < -0.3 is 9.52 Å². The van der Waals surface area contributed by atoms with Gasteiger partial charge in [-0.2, -0.15) is 13.2 Å². The van der Waals surface area contributed by atoms with Crippen LogP contribution in [0.15, 0.2) is 82.1 Å². The van der Waals surface area contributed by atoms with Crippen LogP contribution in [0.25, 0.3) is 22.7 Å². The van der Waals surface area contributed by atoms with E-state index in [0.717, 1.165) is 17.0 Å². The number of oxazole rings is 1. The molecule has 1 aromatic heterocycles. The van der Waals surface area contributed by atoms with Gasteiger partial charge in [0.1, 0.15) is 11.4 Å². The van der Waals surface area contributed by atoms with Gasteiger partial charge in [0.05, 0.1) is 12.0 Å². The molecule has 0 atom stereocenters. The van der Waals surface area contributed by atoms with Crippen LogP contribution in [0.4, 0.5) is 19.1 Å². The summed E-state index contributed by atoms with van der Waals surface area (Å²) in [5.74, 6) is -0.846. The van der Waals surface area contributed by atoms with E-state index < -0.39 is 23.4 Å². The standard InChI is InChI=1S/C24H17F3N2O3S/c25-24(26,27)17-9-6-16(19(30)13-17)12-20(31)28-23-21(14-4-2-1-3-5-14)29-22(32-23)15-7-10-18(33)11-8-15/h1-11,13,30,33H,12H2,(H,28,31). The van der Waals surface area contributed by atoms with E-state index in [1.807, 2.05) is 18.2 Å². The predicted molar refractivity (Wildman–Crippen MR) is 120 cm³/mol. The van der Waals surface area contributed by atoms with Crippen LogP contribution in [0.3, 0.4) is 0 Å². The van der Waals surface area contributed by atoms with E-state index >= 15 is 0 Å². The third-order valence-electron chi connectivity index (χ3n) is 4.81. The Morgan fingerprint density at radius 3 is 2.33 bits per heavy atom. The summed E-state index contributed by atoms with van der Waals surface area (Å²) in [5.41, 5.74) is 0.816. The number of phenols is 1. The minimum Gasteiger partial charge on any atom is -0.508 e. The zero-order valence-electron chi connectivity index (χ0n) is 16.9. The lowest BCUT2D eigenvalue weighted by Gasteiger charge is -2.10. The van der Waals surface area contributed by atoms with Gasteiger partial charge in [-0.05, 0) is 36.4 Å². The number of benzene rings is 3. The Kier molecular flexibility index (Phi) is 6.15. The summed E-state index contributed by atoms with van der Waals surface area (Å²) in [6, 6.07) is 18.6. The molecular weight excluding hydrogens is 453 g/mol. The van der Waals surface area contributed by atoms with Crippen LogP contribution in [0.1, 0.15) is 11.1 Å². The van der Waals surface area contributed by atoms with E-state index in [1.165, 1.54) is 0 Å². The lowest BCUT2D eigenvalue weighted by Crippen LogP contribution is -2.15. The number of phenolic OH excluding ortho intramolecular Hbond substituents is 1. The number of hydrogen-bond acceptors (Lipinski definition) is 5. The quantitative estimate of drug-likeness (QED) is 0.304. The molecule has 168 valence electrons. The number of aromatic hydroxyl groups is 1. The lowest BCUT2D eigenvalue weighted by atomic mass is 10.1. The molecule has 0 unspecified atom stereocenters. The average molecular weight is 470 g/mol. The van der Waals surface area contributed by atoms with Gasteiger partial charge in [0.25, 0.3) is 0 Å². The van der Waals surface area contributed by atoms with Crippen molar-refractivity contribution in [2.75, 3.05) is 5.32 Å². The number of halogens is 3. The molecule has 2 N–H and O–H groups in total.